The number of carbonyl (C=O) groups is 1. The molecule has 1 unspecified atom stereocenters. The van der Waals surface area contributed by atoms with Crippen LogP contribution in [0.4, 0.5) is 0 Å². The number of nitrogens with one attached hydrogen (secondary N) is 1. The molecule has 0 bridgehead atoms. The van der Waals surface area contributed by atoms with Crippen molar-refractivity contribution in [3.63, 3.8) is 0 Å². The molecule has 1 atom stereocenters. The van der Waals surface area contributed by atoms with Gasteiger partial charge in [-0.25, -0.2) is 4.98 Å². The van der Waals surface area contributed by atoms with Gasteiger partial charge in [-0.3, -0.25) is 9.00 Å². The summed E-state index contributed by atoms with van der Waals surface area (Å²) in [5.41, 5.74) is 4.34. The average Bonchev–Trinajstić information content (AvgIpc) is 2.89. The molecule has 0 radical (unpaired) electrons. The van der Waals surface area contributed by atoms with Crippen LogP contribution in [0, 0.1) is 13.8 Å². The van der Waals surface area contributed by atoms with E-state index < -0.39 is 10.8 Å². The SMILES string of the molecule is CNC(=O)Cc1nc(CS(=O)Cc2ccc(C)c(C)c2)cs1. The van der Waals surface area contributed by atoms with Crippen molar-refractivity contribution in [2.75, 3.05) is 7.05 Å². The molecule has 2 rings (SSSR count). The Labute approximate surface area is 137 Å². The minimum atomic E-state index is -0.994. The smallest absolute Gasteiger partial charge is 0.226 e. The second kappa shape index (κ2) is 7.65. The van der Waals surface area contributed by atoms with Crippen molar-refractivity contribution in [1.82, 2.24) is 10.3 Å². The predicted molar refractivity (Wildman–Crippen MR) is 91.4 cm³/mol. The Balaban J connectivity index is 1.94. The first kappa shape index (κ1) is 16.8. The molecule has 0 aliphatic carbocycles. The number of likely N-dealkylation sites (N-methyl/N-ethyl adjacent to an activating group) is 1. The zero-order valence-corrected chi connectivity index (χ0v) is 14.6. The van der Waals surface area contributed by atoms with Crippen LogP contribution in [0.15, 0.2) is 23.6 Å². The lowest BCUT2D eigenvalue weighted by molar-refractivity contribution is -0.119. The van der Waals surface area contributed by atoms with Gasteiger partial charge in [-0.1, -0.05) is 18.2 Å². The van der Waals surface area contributed by atoms with E-state index in [0.717, 1.165) is 16.3 Å². The van der Waals surface area contributed by atoms with Crippen LogP contribution >= 0.6 is 11.3 Å². The van der Waals surface area contributed by atoms with Crippen molar-refractivity contribution < 1.29 is 9.00 Å². The summed E-state index contributed by atoms with van der Waals surface area (Å²) in [6.45, 7) is 4.13. The zero-order valence-electron chi connectivity index (χ0n) is 13.0. The number of carbonyl (C=O) groups excluding carboxylic acids is 1. The summed E-state index contributed by atoms with van der Waals surface area (Å²) in [5, 5.41) is 5.22. The molecule has 1 amide bonds. The number of rotatable bonds is 6. The van der Waals surface area contributed by atoms with E-state index in [4.69, 9.17) is 0 Å². The van der Waals surface area contributed by atoms with Crippen molar-refractivity contribution >= 4 is 28.0 Å². The van der Waals surface area contributed by atoms with Crippen molar-refractivity contribution in [2.24, 2.45) is 0 Å². The molecule has 118 valence electrons. The molecule has 0 spiro atoms. The second-order valence-electron chi connectivity index (χ2n) is 5.23. The number of amides is 1. The molecule has 0 fully saturated rings. The largest absolute Gasteiger partial charge is 0.359 e. The third-order valence-corrected chi connectivity index (χ3v) is 5.57. The van der Waals surface area contributed by atoms with Gasteiger partial charge in [0.05, 0.1) is 17.9 Å². The van der Waals surface area contributed by atoms with Crippen LogP contribution in [0.1, 0.15) is 27.4 Å². The average molecular weight is 336 g/mol. The Kier molecular flexibility index (Phi) is 5.85. The Morgan fingerprint density at radius 2 is 2.05 bits per heavy atom. The van der Waals surface area contributed by atoms with Gasteiger partial charge < -0.3 is 5.32 Å². The van der Waals surface area contributed by atoms with Crippen molar-refractivity contribution in [3.8, 4) is 0 Å². The first-order valence-corrected chi connectivity index (χ1v) is 9.39. The lowest BCUT2D eigenvalue weighted by Crippen LogP contribution is -2.19. The van der Waals surface area contributed by atoms with Crippen LogP contribution in [-0.4, -0.2) is 22.1 Å². The fourth-order valence-electron chi connectivity index (χ4n) is 2.02. The van der Waals surface area contributed by atoms with Gasteiger partial charge in [-0.05, 0) is 30.5 Å². The summed E-state index contributed by atoms with van der Waals surface area (Å²) in [4.78, 5) is 15.7. The number of nitrogens with zero attached hydrogens (tertiary/aromatic N) is 1. The first-order chi connectivity index (χ1) is 10.5. The topological polar surface area (TPSA) is 59.1 Å². The normalized spacial score (nSPS) is 12.1. The molecule has 0 aliphatic heterocycles. The lowest BCUT2D eigenvalue weighted by Gasteiger charge is -2.05. The van der Waals surface area contributed by atoms with Crippen molar-refractivity contribution in [3.05, 3.63) is 51.0 Å². The van der Waals surface area contributed by atoms with Gasteiger partial charge in [0, 0.05) is 29.0 Å². The quantitative estimate of drug-likeness (QED) is 0.882. The summed E-state index contributed by atoms with van der Waals surface area (Å²) >= 11 is 1.44. The molecular formula is C16H20N2O2S2. The number of hydrogen-bond acceptors (Lipinski definition) is 4. The molecule has 0 aliphatic rings. The predicted octanol–water partition coefficient (Wildman–Crippen LogP) is 2.50. The van der Waals surface area contributed by atoms with Gasteiger partial charge in [0.25, 0.3) is 0 Å². The number of benzene rings is 1. The van der Waals surface area contributed by atoms with Crippen LogP contribution in [0.3, 0.4) is 0 Å². The van der Waals surface area contributed by atoms with Gasteiger partial charge in [0.2, 0.25) is 5.91 Å². The Morgan fingerprint density at radius 3 is 2.73 bits per heavy atom. The monoisotopic (exact) mass is 336 g/mol. The summed E-state index contributed by atoms with van der Waals surface area (Å²) in [6, 6.07) is 6.18. The maximum absolute atomic E-state index is 12.3. The van der Waals surface area contributed by atoms with Crippen LogP contribution < -0.4 is 5.32 Å². The number of thiazole rings is 1. The van der Waals surface area contributed by atoms with Crippen molar-refractivity contribution in [1.29, 1.82) is 0 Å². The zero-order chi connectivity index (χ0) is 16.1. The van der Waals surface area contributed by atoms with E-state index in [2.05, 4.69) is 36.3 Å². The standard InChI is InChI=1S/C16H20N2O2S2/c1-11-4-5-13(6-12(11)2)9-22(20)10-14-8-21-16(18-14)7-15(19)17-3/h4-6,8H,7,9-10H2,1-3H3,(H,17,19). The number of hydrogen-bond donors (Lipinski definition) is 1. The summed E-state index contributed by atoms with van der Waals surface area (Å²) < 4.78 is 12.3. The molecule has 1 aromatic heterocycles. The van der Waals surface area contributed by atoms with E-state index in [1.807, 2.05) is 11.4 Å². The highest BCUT2D eigenvalue weighted by Crippen LogP contribution is 2.15. The van der Waals surface area contributed by atoms with E-state index in [1.165, 1.54) is 22.5 Å². The van der Waals surface area contributed by atoms with Crippen LogP contribution in [0.5, 0.6) is 0 Å². The number of aryl methyl sites for hydroxylation is 2. The minimum absolute atomic E-state index is 0.0582. The molecule has 0 saturated heterocycles. The molecule has 1 N–H and O–H groups in total. The highest BCUT2D eigenvalue weighted by atomic mass is 32.2. The van der Waals surface area contributed by atoms with E-state index in [0.29, 0.717) is 11.5 Å². The van der Waals surface area contributed by atoms with Gasteiger partial charge in [-0.2, -0.15) is 0 Å². The fraction of sp³-hybridized carbons (Fsp3) is 0.375. The molecule has 1 heterocycles. The van der Waals surface area contributed by atoms with Gasteiger partial charge in [-0.15, -0.1) is 11.3 Å². The summed E-state index contributed by atoms with van der Waals surface area (Å²) in [7, 11) is 0.612. The molecule has 1 aromatic carbocycles. The van der Waals surface area contributed by atoms with Crippen LogP contribution in [-0.2, 0) is 33.5 Å². The highest BCUT2D eigenvalue weighted by Gasteiger charge is 2.10. The molecule has 2 aromatic rings. The Morgan fingerprint density at radius 1 is 1.27 bits per heavy atom. The maximum atomic E-state index is 12.3. The molecule has 4 nitrogen and oxygen atoms in total. The van der Waals surface area contributed by atoms with E-state index in [1.54, 1.807) is 7.05 Å². The first-order valence-electron chi connectivity index (χ1n) is 7.03. The Bertz CT molecular complexity index is 695. The third-order valence-electron chi connectivity index (χ3n) is 3.40. The van der Waals surface area contributed by atoms with E-state index in [-0.39, 0.29) is 12.3 Å². The molecule has 22 heavy (non-hydrogen) atoms. The van der Waals surface area contributed by atoms with Crippen molar-refractivity contribution in [2.45, 2.75) is 31.8 Å². The number of aromatic nitrogens is 1. The molecular weight excluding hydrogens is 316 g/mol. The van der Waals surface area contributed by atoms with Crippen LogP contribution in [0.25, 0.3) is 0 Å². The van der Waals surface area contributed by atoms with Gasteiger partial charge >= 0.3 is 0 Å². The second-order valence-corrected chi connectivity index (χ2v) is 7.63. The van der Waals surface area contributed by atoms with Gasteiger partial charge in [0.1, 0.15) is 5.01 Å². The fourth-order valence-corrected chi connectivity index (χ4v) is 4.05. The summed E-state index contributed by atoms with van der Waals surface area (Å²) in [6.07, 6.45) is 0.283. The molecule has 0 saturated carbocycles. The Hall–Kier alpha value is -1.53. The van der Waals surface area contributed by atoms with Gasteiger partial charge in [0.15, 0.2) is 0 Å². The maximum Gasteiger partial charge on any atom is 0.226 e. The highest BCUT2D eigenvalue weighted by molar-refractivity contribution is 7.83. The van der Waals surface area contributed by atoms with E-state index >= 15 is 0 Å². The molecule has 6 heteroatoms. The van der Waals surface area contributed by atoms with E-state index in [9.17, 15) is 9.00 Å². The third kappa shape index (κ3) is 4.74. The van der Waals surface area contributed by atoms with Crippen LogP contribution in [0.2, 0.25) is 0 Å². The summed E-state index contributed by atoms with van der Waals surface area (Å²) in [5.74, 6) is 0.901. The lowest BCUT2D eigenvalue weighted by atomic mass is 10.1. The minimum Gasteiger partial charge on any atom is -0.359 e.